The van der Waals surface area contributed by atoms with E-state index in [1.807, 2.05) is 62.4 Å². The lowest BCUT2D eigenvalue weighted by atomic mass is 10.1. The van der Waals surface area contributed by atoms with Crippen molar-refractivity contribution in [2.24, 2.45) is 0 Å². The lowest BCUT2D eigenvalue weighted by Crippen LogP contribution is -2.16. The van der Waals surface area contributed by atoms with Crippen molar-refractivity contribution in [1.29, 1.82) is 0 Å². The zero-order chi connectivity index (χ0) is 18.8. The number of hydrogen-bond donors (Lipinski definition) is 0. The minimum absolute atomic E-state index is 0.184. The second kappa shape index (κ2) is 8.30. The topological polar surface area (TPSA) is 34.1 Å². The number of allylic oxidation sites excluding steroid dienone is 4. The van der Waals surface area contributed by atoms with Crippen molar-refractivity contribution in [3.63, 3.8) is 0 Å². The van der Waals surface area contributed by atoms with Crippen LogP contribution in [0.5, 0.6) is 0 Å². The molecule has 26 heavy (non-hydrogen) atoms. The Hall–Kier alpha value is -1.08. The summed E-state index contributed by atoms with van der Waals surface area (Å²) in [5, 5.41) is 0. The molecule has 0 heterocycles. The first-order valence-corrected chi connectivity index (χ1v) is 11.0. The van der Waals surface area contributed by atoms with E-state index >= 15 is 0 Å². The fraction of sp³-hybridized carbons (Fsp3) is 0.100. The highest BCUT2D eigenvalue weighted by atomic mass is 79.9. The molecule has 0 aliphatic heterocycles. The van der Waals surface area contributed by atoms with Gasteiger partial charge in [0.2, 0.25) is 11.6 Å². The summed E-state index contributed by atoms with van der Waals surface area (Å²) in [7, 11) is 0. The molecule has 1 aliphatic carbocycles. The minimum atomic E-state index is -0.184. The molecule has 0 N–H and O–H groups in total. The number of rotatable bonds is 4. The maximum atomic E-state index is 12.8. The summed E-state index contributed by atoms with van der Waals surface area (Å²) in [6.45, 7) is 4.01. The molecule has 0 bridgehead atoms. The van der Waals surface area contributed by atoms with Crippen LogP contribution < -0.4 is 0 Å². The fourth-order valence-corrected chi connectivity index (χ4v) is 5.51. The first-order valence-electron chi connectivity index (χ1n) is 7.75. The lowest BCUT2D eigenvalue weighted by molar-refractivity contribution is -0.114. The van der Waals surface area contributed by atoms with Gasteiger partial charge < -0.3 is 0 Å². The number of carbonyl (C=O) groups excluding carboxylic acids is 2. The quantitative estimate of drug-likeness (QED) is 0.437. The van der Waals surface area contributed by atoms with Crippen LogP contribution >= 0.6 is 55.4 Å². The third kappa shape index (κ3) is 4.25. The lowest BCUT2D eigenvalue weighted by Gasteiger charge is -2.18. The normalized spacial score (nSPS) is 15.1. The van der Waals surface area contributed by atoms with Gasteiger partial charge in [0, 0.05) is 9.79 Å². The van der Waals surface area contributed by atoms with Gasteiger partial charge >= 0.3 is 0 Å². The Morgan fingerprint density at radius 2 is 0.923 bits per heavy atom. The smallest absolute Gasteiger partial charge is 0.209 e. The van der Waals surface area contributed by atoms with E-state index in [1.54, 1.807) is 0 Å². The van der Waals surface area contributed by atoms with Gasteiger partial charge in [0.1, 0.15) is 0 Å². The Morgan fingerprint density at radius 1 is 0.615 bits per heavy atom. The molecule has 2 nitrogen and oxygen atoms in total. The molecule has 1 aliphatic rings. The van der Waals surface area contributed by atoms with Gasteiger partial charge in [-0.2, -0.15) is 0 Å². The van der Waals surface area contributed by atoms with Crippen molar-refractivity contribution in [3.05, 3.63) is 78.4 Å². The van der Waals surface area contributed by atoms with E-state index in [0.717, 1.165) is 20.9 Å². The monoisotopic (exact) mass is 508 g/mol. The first-order chi connectivity index (χ1) is 12.4. The largest absolute Gasteiger partial charge is 0.287 e. The van der Waals surface area contributed by atoms with Gasteiger partial charge in [0.15, 0.2) is 0 Å². The third-order valence-electron chi connectivity index (χ3n) is 3.69. The van der Waals surface area contributed by atoms with Crippen molar-refractivity contribution in [3.8, 4) is 0 Å². The zero-order valence-corrected chi connectivity index (χ0v) is 18.8. The summed E-state index contributed by atoms with van der Waals surface area (Å²) in [6.07, 6.45) is 0. The second-order valence-electron chi connectivity index (χ2n) is 5.77. The molecule has 0 saturated carbocycles. The van der Waals surface area contributed by atoms with Gasteiger partial charge in [-0.15, -0.1) is 0 Å². The summed E-state index contributed by atoms with van der Waals surface area (Å²) in [4.78, 5) is 28.3. The molecular weight excluding hydrogens is 496 g/mol. The van der Waals surface area contributed by atoms with Crippen LogP contribution in [0.2, 0.25) is 0 Å². The van der Waals surface area contributed by atoms with Crippen molar-refractivity contribution in [2.75, 3.05) is 0 Å². The highest BCUT2D eigenvalue weighted by molar-refractivity contribution is 9.12. The summed E-state index contributed by atoms with van der Waals surface area (Å²) >= 11 is 9.28. The van der Waals surface area contributed by atoms with Crippen molar-refractivity contribution < 1.29 is 9.59 Å². The van der Waals surface area contributed by atoms with Crippen LogP contribution in [-0.4, -0.2) is 11.6 Å². The number of ketones is 2. The Bertz CT molecular complexity index is 863. The number of Topliss-reactive ketones (excluding diaryl/α,β-unsaturated/α-hetero) is 2. The molecule has 0 fully saturated rings. The third-order valence-corrected chi connectivity index (χ3v) is 7.93. The van der Waals surface area contributed by atoms with E-state index in [2.05, 4.69) is 31.9 Å². The fourth-order valence-electron chi connectivity index (χ4n) is 2.24. The van der Waals surface area contributed by atoms with Crippen LogP contribution in [0, 0.1) is 13.8 Å². The van der Waals surface area contributed by atoms with Crippen molar-refractivity contribution in [1.82, 2.24) is 0 Å². The molecular formula is C20H14Br2O2S2. The van der Waals surface area contributed by atoms with Gasteiger partial charge in [-0.3, -0.25) is 9.59 Å². The van der Waals surface area contributed by atoms with E-state index in [9.17, 15) is 9.59 Å². The SMILES string of the molecule is Cc1ccc(SC2=C(Br)C(=O)C(Sc3ccc(C)cc3)=C(Br)C2=O)cc1. The second-order valence-corrected chi connectivity index (χ2v) is 9.53. The molecule has 2 aromatic rings. The van der Waals surface area contributed by atoms with E-state index in [1.165, 1.54) is 23.5 Å². The van der Waals surface area contributed by atoms with Gasteiger partial charge in [-0.1, -0.05) is 58.9 Å². The highest BCUT2D eigenvalue weighted by Crippen LogP contribution is 2.44. The molecule has 0 saturated heterocycles. The Labute approximate surface area is 177 Å². The van der Waals surface area contributed by atoms with Crippen LogP contribution in [0.3, 0.4) is 0 Å². The Balaban J connectivity index is 1.88. The first kappa shape index (κ1) is 19.7. The number of benzene rings is 2. The van der Waals surface area contributed by atoms with E-state index in [-0.39, 0.29) is 11.6 Å². The van der Waals surface area contributed by atoms with Crippen LogP contribution in [0.4, 0.5) is 0 Å². The Kier molecular flexibility index (Phi) is 6.28. The standard InChI is InChI=1S/C20H14Br2O2S2/c1-11-3-7-13(8-4-11)25-19-15(21)18(24)20(16(22)17(19)23)26-14-9-5-12(2)6-10-14/h3-10H,1-2H3. The van der Waals surface area contributed by atoms with Gasteiger partial charge in [-0.05, 0) is 70.0 Å². The van der Waals surface area contributed by atoms with E-state index in [4.69, 9.17) is 0 Å². The maximum absolute atomic E-state index is 12.8. The zero-order valence-electron chi connectivity index (χ0n) is 14.0. The van der Waals surface area contributed by atoms with Crippen LogP contribution in [0.25, 0.3) is 0 Å². The number of thioether (sulfide) groups is 2. The van der Waals surface area contributed by atoms with E-state index in [0.29, 0.717) is 18.8 Å². The predicted molar refractivity (Wildman–Crippen MR) is 116 cm³/mol. The van der Waals surface area contributed by atoms with E-state index < -0.39 is 0 Å². The average Bonchev–Trinajstić information content (AvgIpc) is 2.64. The average molecular weight is 510 g/mol. The molecule has 0 radical (unpaired) electrons. The van der Waals surface area contributed by atoms with Crippen LogP contribution in [0.15, 0.2) is 77.1 Å². The van der Waals surface area contributed by atoms with Crippen LogP contribution in [0.1, 0.15) is 11.1 Å². The summed E-state index contributed by atoms with van der Waals surface area (Å²) in [6, 6.07) is 15.7. The number of carbonyl (C=O) groups is 2. The van der Waals surface area contributed by atoms with Crippen molar-refractivity contribution in [2.45, 2.75) is 23.6 Å². The molecule has 0 unspecified atom stereocenters. The van der Waals surface area contributed by atoms with Crippen LogP contribution in [-0.2, 0) is 9.59 Å². The van der Waals surface area contributed by atoms with Gasteiger partial charge in [0.05, 0.1) is 18.8 Å². The van der Waals surface area contributed by atoms with Gasteiger partial charge in [-0.25, -0.2) is 0 Å². The molecule has 2 aromatic carbocycles. The molecule has 0 aromatic heterocycles. The highest BCUT2D eigenvalue weighted by Gasteiger charge is 2.33. The molecule has 6 heteroatoms. The molecule has 0 atom stereocenters. The molecule has 0 spiro atoms. The summed E-state index contributed by atoms with van der Waals surface area (Å²) < 4.78 is 0.622. The minimum Gasteiger partial charge on any atom is -0.287 e. The van der Waals surface area contributed by atoms with Gasteiger partial charge in [0.25, 0.3) is 0 Å². The number of hydrogen-bond acceptors (Lipinski definition) is 4. The summed E-state index contributed by atoms with van der Waals surface area (Å²) in [5.41, 5.74) is 2.29. The molecule has 132 valence electrons. The molecule has 0 amide bonds. The number of halogens is 2. The summed E-state index contributed by atoms with van der Waals surface area (Å²) in [5.74, 6) is -0.367. The number of aryl methyl sites for hydroxylation is 2. The Morgan fingerprint density at radius 3 is 1.23 bits per heavy atom. The maximum Gasteiger partial charge on any atom is 0.209 e. The van der Waals surface area contributed by atoms with Crippen molar-refractivity contribution >= 4 is 67.0 Å². The molecule has 3 rings (SSSR count). The predicted octanol–water partition coefficient (Wildman–Crippen LogP) is 6.55.